The Kier molecular flexibility index (Phi) is 4.07. The second-order valence-electron chi connectivity index (χ2n) is 6.71. The number of hydrogen-bond donors (Lipinski definition) is 3. The van der Waals surface area contributed by atoms with Crippen molar-refractivity contribution in [3.05, 3.63) is 0 Å². The maximum Gasteiger partial charge on any atom is 0.309 e. The third-order valence-electron chi connectivity index (χ3n) is 4.32. The van der Waals surface area contributed by atoms with E-state index in [1.165, 1.54) is 0 Å². The molecule has 20 heavy (non-hydrogen) atoms. The number of hydrogen-bond acceptors (Lipinski definition) is 4. The van der Waals surface area contributed by atoms with Crippen molar-refractivity contribution in [2.75, 3.05) is 0 Å². The molecule has 6 nitrogen and oxygen atoms in total. The summed E-state index contributed by atoms with van der Waals surface area (Å²) in [5.41, 5.74) is -0.364. The Morgan fingerprint density at radius 3 is 2.10 bits per heavy atom. The molecule has 114 valence electrons. The molecule has 0 spiro atoms. The fourth-order valence-corrected chi connectivity index (χ4v) is 3.47. The number of carboxylic acids is 2. The molecule has 0 amide bonds. The molecule has 5 unspecified atom stereocenters. The lowest BCUT2D eigenvalue weighted by molar-refractivity contribution is -0.199. The van der Waals surface area contributed by atoms with Crippen molar-refractivity contribution in [2.45, 2.75) is 63.8 Å². The molecule has 0 aromatic heterocycles. The molecule has 0 aliphatic carbocycles. The van der Waals surface area contributed by atoms with E-state index in [1.807, 2.05) is 20.8 Å². The molecule has 3 rings (SSSR count). The summed E-state index contributed by atoms with van der Waals surface area (Å²) in [6.45, 7) is 5.84. The van der Waals surface area contributed by atoms with Crippen LogP contribution in [0.2, 0.25) is 0 Å². The summed E-state index contributed by atoms with van der Waals surface area (Å²) in [5.74, 6) is -2.90. The SMILES string of the molecule is CC1CC(C(=O)O)C2CC(O2)C(C(=O)O)CC(C)(C)N1. The molecule has 0 radical (unpaired) electrons. The van der Waals surface area contributed by atoms with Gasteiger partial charge < -0.3 is 20.3 Å². The summed E-state index contributed by atoms with van der Waals surface area (Å²) in [4.78, 5) is 22.8. The van der Waals surface area contributed by atoms with Gasteiger partial charge >= 0.3 is 11.9 Å². The van der Waals surface area contributed by atoms with E-state index in [9.17, 15) is 19.8 Å². The zero-order chi connectivity index (χ0) is 15.1. The van der Waals surface area contributed by atoms with E-state index < -0.39 is 23.8 Å². The van der Waals surface area contributed by atoms with Crippen molar-refractivity contribution >= 4 is 11.9 Å². The topological polar surface area (TPSA) is 95.9 Å². The minimum absolute atomic E-state index is 0.00120. The molecule has 3 N–H and O–H groups in total. The van der Waals surface area contributed by atoms with Gasteiger partial charge in [0, 0.05) is 18.0 Å². The molecule has 3 saturated heterocycles. The first-order valence-corrected chi connectivity index (χ1v) is 7.08. The van der Waals surface area contributed by atoms with Crippen molar-refractivity contribution in [1.82, 2.24) is 5.32 Å². The summed E-state index contributed by atoms with van der Waals surface area (Å²) in [7, 11) is 0. The van der Waals surface area contributed by atoms with E-state index in [2.05, 4.69) is 5.32 Å². The predicted molar refractivity (Wildman–Crippen MR) is 71.4 cm³/mol. The first kappa shape index (κ1) is 15.3. The van der Waals surface area contributed by atoms with Crippen molar-refractivity contribution < 1.29 is 24.5 Å². The molecule has 3 aliphatic heterocycles. The van der Waals surface area contributed by atoms with Crippen molar-refractivity contribution in [3.63, 3.8) is 0 Å². The minimum atomic E-state index is -0.872. The van der Waals surface area contributed by atoms with Crippen LogP contribution in [0.4, 0.5) is 0 Å². The quantitative estimate of drug-likeness (QED) is 0.703. The number of carboxylic acid groups (broad SMARTS) is 2. The second kappa shape index (κ2) is 5.33. The molecule has 0 aromatic carbocycles. The largest absolute Gasteiger partial charge is 0.481 e. The Morgan fingerprint density at radius 1 is 1.10 bits per heavy atom. The van der Waals surface area contributed by atoms with E-state index in [-0.39, 0.29) is 23.8 Å². The summed E-state index contributed by atoms with van der Waals surface area (Å²) in [5, 5.41) is 22.0. The highest BCUT2D eigenvalue weighted by Gasteiger charge is 2.48. The lowest BCUT2D eigenvalue weighted by Crippen LogP contribution is -2.57. The fourth-order valence-electron chi connectivity index (χ4n) is 3.47. The molecular weight excluding hydrogens is 262 g/mol. The summed E-state index contributed by atoms with van der Waals surface area (Å²) in [6.07, 6.45) is 0.769. The lowest BCUT2D eigenvalue weighted by atomic mass is 9.77. The van der Waals surface area contributed by atoms with Gasteiger partial charge in [-0.2, -0.15) is 0 Å². The van der Waals surface area contributed by atoms with Crippen LogP contribution in [0.1, 0.15) is 40.0 Å². The Labute approximate surface area is 118 Å². The van der Waals surface area contributed by atoms with Crippen molar-refractivity contribution in [2.24, 2.45) is 11.8 Å². The highest BCUT2D eigenvalue weighted by atomic mass is 16.5. The van der Waals surface area contributed by atoms with Gasteiger partial charge in [-0.3, -0.25) is 9.59 Å². The predicted octanol–water partition coefficient (Wildman–Crippen LogP) is 1.10. The average molecular weight is 285 g/mol. The van der Waals surface area contributed by atoms with Gasteiger partial charge in [-0.05, 0) is 33.6 Å². The summed E-state index contributed by atoms with van der Waals surface area (Å²) < 4.78 is 5.62. The highest BCUT2D eigenvalue weighted by Crippen LogP contribution is 2.38. The van der Waals surface area contributed by atoms with Crippen LogP contribution in [0.25, 0.3) is 0 Å². The highest BCUT2D eigenvalue weighted by molar-refractivity contribution is 5.72. The van der Waals surface area contributed by atoms with Crippen LogP contribution < -0.4 is 5.32 Å². The van der Waals surface area contributed by atoms with Crippen LogP contribution in [0.15, 0.2) is 0 Å². The monoisotopic (exact) mass is 285 g/mol. The van der Waals surface area contributed by atoms with Crippen LogP contribution in [-0.4, -0.2) is 45.9 Å². The molecule has 6 heteroatoms. The first-order valence-electron chi connectivity index (χ1n) is 7.08. The van der Waals surface area contributed by atoms with Gasteiger partial charge in [-0.25, -0.2) is 0 Å². The smallest absolute Gasteiger partial charge is 0.309 e. The maximum absolute atomic E-state index is 11.4. The van der Waals surface area contributed by atoms with E-state index in [4.69, 9.17) is 4.74 Å². The molecule has 2 bridgehead atoms. The molecule has 3 fully saturated rings. The molecule has 0 aromatic rings. The Hall–Kier alpha value is -1.14. The molecular formula is C14H23NO5. The third kappa shape index (κ3) is 3.12. The van der Waals surface area contributed by atoms with Gasteiger partial charge in [0.25, 0.3) is 0 Å². The van der Waals surface area contributed by atoms with E-state index >= 15 is 0 Å². The number of nitrogens with one attached hydrogen (secondary N) is 1. The molecule has 5 atom stereocenters. The molecule has 3 aliphatic rings. The Bertz CT molecular complexity index is 402. The van der Waals surface area contributed by atoms with Crippen LogP contribution >= 0.6 is 0 Å². The Morgan fingerprint density at radius 2 is 1.60 bits per heavy atom. The zero-order valence-corrected chi connectivity index (χ0v) is 12.1. The third-order valence-corrected chi connectivity index (χ3v) is 4.32. The van der Waals surface area contributed by atoms with Crippen LogP contribution in [0.3, 0.4) is 0 Å². The zero-order valence-electron chi connectivity index (χ0n) is 12.1. The van der Waals surface area contributed by atoms with E-state index in [1.54, 1.807) is 0 Å². The molecule has 3 heterocycles. The number of ether oxygens (including phenoxy) is 1. The van der Waals surface area contributed by atoms with Crippen molar-refractivity contribution in [1.29, 1.82) is 0 Å². The fraction of sp³-hybridized carbons (Fsp3) is 0.857. The number of fused-ring (bicyclic) bond motifs is 6. The standard InChI is InChI=1S/C14H23NO5/c1-7-4-8(12(16)17)10-5-11(20-10)9(13(18)19)6-14(2,3)15-7/h7-11,15H,4-6H2,1-3H3,(H,16,17)(H,18,19). The van der Waals surface area contributed by atoms with Crippen LogP contribution in [-0.2, 0) is 14.3 Å². The van der Waals surface area contributed by atoms with Gasteiger partial charge in [-0.15, -0.1) is 0 Å². The Balaban J connectivity index is 2.21. The van der Waals surface area contributed by atoms with Gasteiger partial charge in [0.15, 0.2) is 0 Å². The summed E-state index contributed by atoms with van der Waals surface area (Å²) in [6, 6.07) is 0.00120. The number of rotatable bonds is 2. The van der Waals surface area contributed by atoms with Crippen LogP contribution in [0.5, 0.6) is 0 Å². The van der Waals surface area contributed by atoms with E-state index in [0.29, 0.717) is 19.3 Å². The van der Waals surface area contributed by atoms with Gasteiger partial charge in [-0.1, -0.05) is 0 Å². The number of aliphatic carboxylic acids is 2. The first-order chi connectivity index (χ1) is 9.19. The van der Waals surface area contributed by atoms with Gasteiger partial charge in [0.2, 0.25) is 0 Å². The summed E-state index contributed by atoms with van der Waals surface area (Å²) >= 11 is 0. The van der Waals surface area contributed by atoms with Gasteiger partial charge in [0.05, 0.1) is 24.0 Å². The van der Waals surface area contributed by atoms with E-state index in [0.717, 1.165) is 0 Å². The van der Waals surface area contributed by atoms with Crippen LogP contribution in [0, 0.1) is 11.8 Å². The second-order valence-corrected chi connectivity index (χ2v) is 6.71. The minimum Gasteiger partial charge on any atom is -0.481 e. The average Bonchev–Trinajstić information content (AvgIpc) is 2.22. The normalized spacial score (nSPS) is 40.5. The molecule has 0 saturated carbocycles. The lowest BCUT2D eigenvalue weighted by Gasteiger charge is -2.46. The van der Waals surface area contributed by atoms with Gasteiger partial charge in [0.1, 0.15) is 0 Å². The van der Waals surface area contributed by atoms with Crippen molar-refractivity contribution in [3.8, 4) is 0 Å². The number of carbonyl (C=O) groups is 2. The maximum atomic E-state index is 11.4.